The minimum atomic E-state index is -1.02. The molecule has 0 bridgehead atoms. The summed E-state index contributed by atoms with van der Waals surface area (Å²) in [5.74, 6) is 6.66. The van der Waals surface area contributed by atoms with Gasteiger partial charge in [0.25, 0.3) is 0 Å². The molecule has 1 aliphatic heterocycles. The number of benzene rings is 3. The maximum atomic E-state index is 11.1. The molecule has 3 aromatic rings. The van der Waals surface area contributed by atoms with Gasteiger partial charge in [-0.15, -0.1) is 0 Å². The van der Waals surface area contributed by atoms with E-state index in [1.54, 1.807) is 12.1 Å². The molecule has 6 nitrogen and oxygen atoms in total. The van der Waals surface area contributed by atoms with Gasteiger partial charge in [0, 0.05) is 23.7 Å². The minimum absolute atomic E-state index is 0.177. The molecule has 0 radical (unpaired) electrons. The summed E-state index contributed by atoms with van der Waals surface area (Å²) >= 11 is 6.14. The van der Waals surface area contributed by atoms with Gasteiger partial charge < -0.3 is 19.7 Å². The van der Waals surface area contributed by atoms with Crippen LogP contribution in [0.1, 0.15) is 42.0 Å². The number of ether oxygens (including phenoxy) is 2. The van der Waals surface area contributed by atoms with Crippen molar-refractivity contribution in [3.05, 3.63) is 100 Å². The number of hydrogen-bond acceptors (Lipinski definition) is 5. The number of aliphatic hydroxyl groups is 1. The Morgan fingerprint density at radius 3 is 2.35 bits per heavy atom. The molecule has 0 aromatic heterocycles. The molecule has 40 heavy (non-hydrogen) atoms. The lowest BCUT2D eigenvalue weighted by Gasteiger charge is -2.27. The van der Waals surface area contributed by atoms with Crippen molar-refractivity contribution in [1.82, 2.24) is 4.90 Å². The average molecular weight is 560 g/mol. The van der Waals surface area contributed by atoms with Gasteiger partial charge in [0.15, 0.2) is 6.10 Å². The molecule has 0 aliphatic carbocycles. The van der Waals surface area contributed by atoms with Crippen molar-refractivity contribution in [3.63, 3.8) is 0 Å². The van der Waals surface area contributed by atoms with Gasteiger partial charge in [-0.3, -0.25) is 4.90 Å². The summed E-state index contributed by atoms with van der Waals surface area (Å²) in [5.41, 5.74) is 4.80. The van der Waals surface area contributed by atoms with Gasteiger partial charge in [-0.05, 0) is 97.5 Å². The van der Waals surface area contributed by atoms with Crippen LogP contribution in [0.25, 0.3) is 5.57 Å². The number of hydrogen-bond donors (Lipinski definition) is 2. The molecule has 3 aromatic carbocycles. The third-order valence-corrected chi connectivity index (χ3v) is 7.03. The third-order valence-electron chi connectivity index (χ3n) is 6.78. The molecule has 1 saturated heterocycles. The number of likely N-dealkylation sites (tertiary alicyclic amines) is 1. The van der Waals surface area contributed by atoms with Crippen LogP contribution in [0.2, 0.25) is 5.02 Å². The highest BCUT2D eigenvalue weighted by atomic mass is 35.5. The second-order valence-corrected chi connectivity index (χ2v) is 10.3. The number of carboxylic acid groups (broad SMARTS) is 1. The zero-order chi connectivity index (χ0) is 28.5. The summed E-state index contributed by atoms with van der Waals surface area (Å²) in [6.45, 7) is 6.15. The van der Waals surface area contributed by atoms with Gasteiger partial charge in [-0.25, -0.2) is 4.79 Å². The summed E-state index contributed by atoms with van der Waals surface area (Å²) < 4.78 is 11.5. The first-order valence-corrected chi connectivity index (χ1v) is 13.7. The molecule has 2 N–H and O–H groups in total. The van der Waals surface area contributed by atoms with Crippen LogP contribution < -0.4 is 9.47 Å². The van der Waals surface area contributed by atoms with E-state index >= 15 is 0 Å². The molecule has 0 amide bonds. The normalized spacial score (nSPS) is 15.2. The van der Waals surface area contributed by atoms with Gasteiger partial charge in [0.2, 0.25) is 0 Å². The topological polar surface area (TPSA) is 79.2 Å². The van der Waals surface area contributed by atoms with E-state index in [1.165, 1.54) is 6.92 Å². The molecule has 1 heterocycles. The summed E-state index contributed by atoms with van der Waals surface area (Å²) in [5, 5.41) is 19.4. The van der Waals surface area contributed by atoms with Crippen LogP contribution in [0.5, 0.6) is 11.5 Å². The van der Waals surface area contributed by atoms with Crippen LogP contribution in [-0.4, -0.2) is 59.5 Å². The molecule has 1 unspecified atom stereocenters. The number of aryl methyl sites for hydroxylation is 1. The Kier molecular flexibility index (Phi) is 10.3. The lowest BCUT2D eigenvalue weighted by molar-refractivity contribution is -0.144. The van der Waals surface area contributed by atoms with Crippen molar-refractivity contribution < 1.29 is 24.5 Å². The predicted octanol–water partition coefficient (Wildman–Crippen LogP) is 5.82. The van der Waals surface area contributed by atoms with Crippen molar-refractivity contribution in [3.8, 4) is 23.3 Å². The van der Waals surface area contributed by atoms with Crippen LogP contribution in [0, 0.1) is 18.8 Å². The summed E-state index contributed by atoms with van der Waals surface area (Å²) in [6.07, 6.45) is 2.54. The fourth-order valence-electron chi connectivity index (χ4n) is 4.40. The zero-order valence-corrected chi connectivity index (χ0v) is 23.5. The Bertz CT molecular complexity index is 1380. The van der Waals surface area contributed by atoms with E-state index in [2.05, 4.69) is 28.9 Å². The highest BCUT2D eigenvalue weighted by Gasteiger charge is 2.16. The number of aliphatic hydroxyl groups excluding tert-OH is 1. The number of piperidine rings is 1. The monoisotopic (exact) mass is 559 g/mol. The molecular weight excluding hydrogens is 526 g/mol. The van der Waals surface area contributed by atoms with Crippen molar-refractivity contribution >= 4 is 23.1 Å². The van der Waals surface area contributed by atoms with Gasteiger partial charge >= 0.3 is 5.97 Å². The highest BCUT2D eigenvalue weighted by molar-refractivity contribution is 6.30. The quantitative estimate of drug-likeness (QED) is 0.322. The summed E-state index contributed by atoms with van der Waals surface area (Å²) in [4.78, 5) is 13.4. The van der Waals surface area contributed by atoms with Crippen LogP contribution in [0.15, 0.2) is 72.8 Å². The Hall–Kier alpha value is -3.76. The second kappa shape index (κ2) is 14.0. The van der Waals surface area contributed by atoms with E-state index in [0.29, 0.717) is 29.7 Å². The standard InChI is InChI=1S/C33H34ClNO5/c1-23-22-30(13-14-32(23)40-24(2)33(37)38)39-21-17-31(27-9-11-28(34)12-10-27)26-7-5-25(6-8-26)4-3-18-35-19-15-29(36)16-20-35/h5-14,17,22,24,29,36H,15-16,18-21H2,1-2H3,(H,37,38)/b31-17+. The van der Waals surface area contributed by atoms with E-state index in [4.69, 9.17) is 26.2 Å². The summed E-state index contributed by atoms with van der Waals surface area (Å²) in [6, 6.07) is 21.2. The highest BCUT2D eigenvalue weighted by Crippen LogP contribution is 2.27. The molecule has 1 atom stereocenters. The number of aliphatic carboxylic acids is 1. The average Bonchev–Trinajstić information content (AvgIpc) is 2.95. The fraction of sp³-hybridized carbons (Fsp3) is 0.303. The largest absolute Gasteiger partial charge is 0.489 e. The van der Waals surface area contributed by atoms with Crippen LogP contribution in [-0.2, 0) is 4.79 Å². The number of rotatable bonds is 9. The van der Waals surface area contributed by atoms with Crippen molar-refractivity contribution in [2.45, 2.75) is 38.9 Å². The van der Waals surface area contributed by atoms with E-state index < -0.39 is 12.1 Å². The Balaban J connectivity index is 1.45. The Morgan fingerprint density at radius 1 is 1.07 bits per heavy atom. The van der Waals surface area contributed by atoms with E-state index in [9.17, 15) is 9.90 Å². The Labute approximate surface area is 240 Å². The van der Waals surface area contributed by atoms with Gasteiger partial charge in [0.05, 0.1) is 12.6 Å². The maximum absolute atomic E-state index is 11.1. The Morgan fingerprint density at radius 2 is 1.73 bits per heavy atom. The number of carboxylic acids is 1. The van der Waals surface area contributed by atoms with Crippen LogP contribution in [0.4, 0.5) is 0 Å². The number of carbonyl (C=O) groups is 1. The van der Waals surface area contributed by atoms with Crippen molar-refractivity contribution in [2.24, 2.45) is 0 Å². The van der Waals surface area contributed by atoms with Gasteiger partial charge in [-0.2, -0.15) is 0 Å². The molecular formula is C33H34ClNO5. The van der Waals surface area contributed by atoms with E-state index in [-0.39, 0.29) is 6.10 Å². The molecule has 0 saturated carbocycles. The maximum Gasteiger partial charge on any atom is 0.344 e. The van der Waals surface area contributed by atoms with Crippen LogP contribution in [0.3, 0.4) is 0 Å². The number of nitrogens with zero attached hydrogens (tertiary/aromatic N) is 1. The van der Waals surface area contributed by atoms with Crippen molar-refractivity contribution in [1.29, 1.82) is 0 Å². The fourth-order valence-corrected chi connectivity index (χ4v) is 4.53. The molecule has 1 aliphatic rings. The molecule has 1 fully saturated rings. The van der Waals surface area contributed by atoms with Gasteiger partial charge in [0.1, 0.15) is 18.1 Å². The molecule has 7 heteroatoms. The van der Waals surface area contributed by atoms with Crippen molar-refractivity contribution in [2.75, 3.05) is 26.2 Å². The SMILES string of the molecule is Cc1cc(OC/C=C(/c2ccc(Cl)cc2)c2ccc(C#CCN3CCC(O)CC3)cc2)ccc1OC(C)C(=O)O. The van der Waals surface area contributed by atoms with E-state index in [0.717, 1.165) is 53.8 Å². The number of halogens is 1. The first-order valence-electron chi connectivity index (χ1n) is 13.4. The minimum Gasteiger partial charge on any atom is -0.489 e. The predicted molar refractivity (Wildman–Crippen MR) is 158 cm³/mol. The second-order valence-electron chi connectivity index (χ2n) is 9.85. The molecule has 208 valence electrons. The van der Waals surface area contributed by atoms with Crippen LogP contribution >= 0.6 is 11.6 Å². The lowest BCUT2D eigenvalue weighted by Crippen LogP contribution is -2.35. The van der Waals surface area contributed by atoms with E-state index in [1.807, 2.05) is 55.5 Å². The first kappa shape index (κ1) is 29.2. The lowest BCUT2D eigenvalue weighted by atomic mass is 9.97. The summed E-state index contributed by atoms with van der Waals surface area (Å²) in [7, 11) is 0. The zero-order valence-electron chi connectivity index (χ0n) is 22.8. The molecule has 4 rings (SSSR count). The van der Waals surface area contributed by atoms with Gasteiger partial charge in [-0.1, -0.05) is 47.7 Å². The first-order chi connectivity index (χ1) is 19.3. The molecule has 0 spiro atoms. The smallest absolute Gasteiger partial charge is 0.344 e. The third kappa shape index (κ3) is 8.37.